The minimum atomic E-state index is -0.425. The van der Waals surface area contributed by atoms with E-state index in [4.69, 9.17) is 8.83 Å². The highest BCUT2D eigenvalue weighted by Crippen LogP contribution is 2.13. The number of rotatable bonds is 4. The third-order valence-electron chi connectivity index (χ3n) is 2.91. The molecule has 3 aromatic rings. The Kier molecular flexibility index (Phi) is 3.51. The zero-order chi connectivity index (χ0) is 14.7. The quantitative estimate of drug-likeness (QED) is 0.796. The van der Waals surface area contributed by atoms with Gasteiger partial charge in [-0.25, -0.2) is 0 Å². The van der Waals surface area contributed by atoms with E-state index in [2.05, 4.69) is 15.5 Å². The van der Waals surface area contributed by atoms with Gasteiger partial charge in [0.2, 0.25) is 5.89 Å². The third kappa shape index (κ3) is 3.17. The molecule has 0 radical (unpaired) electrons. The summed E-state index contributed by atoms with van der Waals surface area (Å²) in [6.45, 7) is 2.03. The molecule has 1 N–H and O–H groups in total. The summed E-state index contributed by atoms with van der Waals surface area (Å²) in [4.78, 5) is 11.7. The van der Waals surface area contributed by atoms with Gasteiger partial charge in [-0.05, 0) is 24.6 Å². The number of nitrogens with zero attached hydrogens (tertiary/aromatic N) is 2. The molecule has 6 nitrogen and oxygen atoms in total. The molecule has 0 spiro atoms. The number of amides is 1. The van der Waals surface area contributed by atoms with Crippen molar-refractivity contribution in [3.05, 3.63) is 65.4 Å². The van der Waals surface area contributed by atoms with Crippen molar-refractivity contribution in [2.45, 2.75) is 13.3 Å². The molecular weight excluding hydrogens is 270 g/mol. The molecule has 1 aromatic carbocycles. The molecule has 106 valence electrons. The van der Waals surface area contributed by atoms with Gasteiger partial charge in [0, 0.05) is 0 Å². The van der Waals surface area contributed by atoms with Gasteiger partial charge in [-0.15, -0.1) is 5.10 Å². The predicted octanol–water partition coefficient (Wildman–Crippen LogP) is 2.81. The standard InChI is InChI=1S/C15H13N3O3/c1-10-4-6-11(7-5-10)9-13-17-18-15(21-13)16-14(19)12-3-2-8-20-12/h2-8H,9H2,1H3,(H,16,18,19). The summed E-state index contributed by atoms with van der Waals surface area (Å²) in [5, 5.41) is 10.2. The van der Waals surface area contributed by atoms with Gasteiger partial charge in [-0.3, -0.25) is 10.1 Å². The molecule has 0 aliphatic rings. The molecule has 0 aliphatic carbocycles. The second-order valence-corrected chi connectivity index (χ2v) is 4.59. The maximum atomic E-state index is 11.7. The van der Waals surface area contributed by atoms with Gasteiger partial charge >= 0.3 is 6.01 Å². The molecule has 0 fully saturated rings. The van der Waals surface area contributed by atoms with E-state index in [0.29, 0.717) is 12.3 Å². The van der Waals surface area contributed by atoms with Gasteiger partial charge in [0.1, 0.15) is 0 Å². The largest absolute Gasteiger partial charge is 0.459 e. The number of aryl methyl sites for hydroxylation is 1. The smallest absolute Gasteiger partial charge is 0.322 e. The van der Waals surface area contributed by atoms with Crippen LogP contribution in [0.5, 0.6) is 0 Å². The van der Waals surface area contributed by atoms with Crippen LogP contribution in [0.4, 0.5) is 6.01 Å². The fraction of sp³-hybridized carbons (Fsp3) is 0.133. The van der Waals surface area contributed by atoms with Gasteiger partial charge in [0.25, 0.3) is 5.91 Å². The lowest BCUT2D eigenvalue weighted by molar-refractivity contribution is 0.0993. The number of aromatic nitrogens is 2. The van der Waals surface area contributed by atoms with Crippen LogP contribution in [0.1, 0.15) is 27.6 Å². The number of nitrogens with one attached hydrogen (secondary N) is 1. The van der Waals surface area contributed by atoms with Crippen molar-refractivity contribution in [3.8, 4) is 0 Å². The monoisotopic (exact) mass is 283 g/mol. The van der Waals surface area contributed by atoms with Crippen molar-refractivity contribution in [3.63, 3.8) is 0 Å². The van der Waals surface area contributed by atoms with Gasteiger partial charge in [0.05, 0.1) is 12.7 Å². The molecule has 0 saturated carbocycles. The van der Waals surface area contributed by atoms with Crippen LogP contribution in [-0.4, -0.2) is 16.1 Å². The van der Waals surface area contributed by atoms with E-state index in [9.17, 15) is 4.79 Å². The van der Waals surface area contributed by atoms with Crippen LogP contribution >= 0.6 is 0 Å². The van der Waals surface area contributed by atoms with Crippen molar-refractivity contribution in [1.29, 1.82) is 0 Å². The Morgan fingerprint density at radius 3 is 2.71 bits per heavy atom. The first-order chi connectivity index (χ1) is 10.2. The third-order valence-corrected chi connectivity index (χ3v) is 2.91. The predicted molar refractivity (Wildman–Crippen MR) is 74.9 cm³/mol. The molecule has 3 rings (SSSR count). The molecule has 21 heavy (non-hydrogen) atoms. The maximum absolute atomic E-state index is 11.7. The first-order valence-electron chi connectivity index (χ1n) is 6.43. The van der Waals surface area contributed by atoms with E-state index in [1.54, 1.807) is 12.1 Å². The molecule has 1 amide bonds. The highest BCUT2D eigenvalue weighted by atomic mass is 16.4. The minimum absolute atomic E-state index is 0.0542. The van der Waals surface area contributed by atoms with Crippen molar-refractivity contribution >= 4 is 11.9 Å². The number of hydrogen-bond acceptors (Lipinski definition) is 5. The first-order valence-corrected chi connectivity index (χ1v) is 6.43. The number of furan rings is 1. The average Bonchev–Trinajstić information content (AvgIpc) is 3.13. The van der Waals surface area contributed by atoms with Gasteiger partial charge in [-0.2, -0.15) is 0 Å². The Balaban J connectivity index is 1.66. The highest BCUT2D eigenvalue weighted by Gasteiger charge is 2.13. The fourth-order valence-electron chi connectivity index (χ4n) is 1.82. The van der Waals surface area contributed by atoms with Crippen LogP contribution in [-0.2, 0) is 6.42 Å². The fourth-order valence-corrected chi connectivity index (χ4v) is 1.82. The van der Waals surface area contributed by atoms with E-state index in [-0.39, 0.29) is 11.8 Å². The molecule has 0 unspecified atom stereocenters. The summed E-state index contributed by atoms with van der Waals surface area (Å²) in [5.74, 6) is 0.201. The molecule has 0 saturated heterocycles. The molecule has 2 aromatic heterocycles. The minimum Gasteiger partial charge on any atom is -0.459 e. The zero-order valence-electron chi connectivity index (χ0n) is 11.4. The van der Waals surface area contributed by atoms with Crippen molar-refractivity contribution in [2.75, 3.05) is 5.32 Å². The summed E-state index contributed by atoms with van der Waals surface area (Å²) in [5.41, 5.74) is 2.25. The van der Waals surface area contributed by atoms with E-state index in [0.717, 1.165) is 5.56 Å². The molecule has 0 aliphatic heterocycles. The Labute approximate surface area is 120 Å². The number of anilines is 1. The van der Waals surface area contributed by atoms with E-state index in [1.165, 1.54) is 11.8 Å². The number of carbonyl (C=O) groups excluding carboxylic acids is 1. The SMILES string of the molecule is Cc1ccc(Cc2nnc(NC(=O)c3ccco3)o2)cc1. The molecule has 0 bridgehead atoms. The Morgan fingerprint density at radius 1 is 1.19 bits per heavy atom. The number of carbonyl (C=O) groups is 1. The maximum Gasteiger partial charge on any atom is 0.322 e. The van der Waals surface area contributed by atoms with Crippen LogP contribution in [0.3, 0.4) is 0 Å². The van der Waals surface area contributed by atoms with Crippen LogP contribution in [0.25, 0.3) is 0 Å². The van der Waals surface area contributed by atoms with Crippen LogP contribution in [0, 0.1) is 6.92 Å². The Hall–Kier alpha value is -2.89. The Morgan fingerprint density at radius 2 is 2.00 bits per heavy atom. The Bertz CT molecular complexity index is 730. The lowest BCUT2D eigenvalue weighted by Crippen LogP contribution is -2.10. The summed E-state index contributed by atoms with van der Waals surface area (Å²) in [6.07, 6.45) is 1.94. The second-order valence-electron chi connectivity index (χ2n) is 4.59. The van der Waals surface area contributed by atoms with Gasteiger partial charge in [-0.1, -0.05) is 34.9 Å². The average molecular weight is 283 g/mol. The van der Waals surface area contributed by atoms with Crippen molar-refractivity contribution in [1.82, 2.24) is 10.2 Å². The molecule has 6 heteroatoms. The zero-order valence-corrected chi connectivity index (χ0v) is 11.4. The first kappa shape index (κ1) is 13.1. The number of hydrogen-bond donors (Lipinski definition) is 1. The van der Waals surface area contributed by atoms with Gasteiger partial charge in [0.15, 0.2) is 5.76 Å². The van der Waals surface area contributed by atoms with Crippen LogP contribution < -0.4 is 5.32 Å². The van der Waals surface area contributed by atoms with Gasteiger partial charge < -0.3 is 8.83 Å². The van der Waals surface area contributed by atoms with E-state index >= 15 is 0 Å². The summed E-state index contributed by atoms with van der Waals surface area (Å²) >= 11 is 0. The normalized spacial score (nSPS) is 10.5. The molecule has 2 heterocycles. The summed E-state index contributed by atoms with van der Waals surface area (Å²) in [7, 11) is 0. The summed E-state index contributed by atoms with van der Waals surface area (Å²) in [6, 6.07) is 11.3. The lowest BCUT2D eigenvalue weighted by atomic mass is 10.1. The van der Waals surface area contributed by atoms with Crippen LogP contribution in [0.15, 0.2) is 51.5 Å². The summed E-state index contributed by atoms with van der Waals surface area (Å²) < 4.78 is 10.4. The molecular formula is C15H13N3O3. The van der Waals surface area contributed by atoms with Crippen molar-refractivity contribution < 1.29 is 13.6 Å². The second kappa shape index (κ2) is 5.62. The lowest BCUT2D eigenvalue weighted by Gasteiger charge is -1.98. The van der Waals surface area contributed by atoms with E-state index < -0.39 is 5.91 Å². The van der Waals surface area contributed by atoms with Crippen LogP contribution in [0.2, 0.25) is 0 Å². The number of benzene rings is 1. The van der Waals surface area contributed by atoms with E-state index in [1.807, 2.05) is 31.2 Å². The highest BCUT2D eigenvalue weighted by molar-refractivity contribution is 6.00. The topological polar surface area (TPSA) is 81.2 Å². The molecule has 0 atom stereocenters. The van der Waals surface area contributed by atoms with Crippen molar-refractivity contribution in [2.24, 2.45) is 0 Å².